The molecule has 0 aromatic carbocycles. The number of carboxylic acid groups (broad SMARTS) is 1. The number of anilines is 1. The SMILES string of the molecule is CC(C)(Nc1ccsc1[N+](=O)[O-])C(=O)O. The van der Waals surface area contributed by atoms with Crippen molar-refractivity contribution >= 4 is 28.0 Å². The standard InChI is InChI=1S/C8H10N2O4S/c1-8(2,7(11)12)9-5-3-4-15-6(5)10(13)14/h3-4,9H,1-2H3,(H,11,12). The number of aliphatic carboxylic acids is 1. The van der Waals surface area contributed by atoms with Crippen molar-refractivity contribution in [3.05, 3.63) is 21.6 Å². The molecule has 0 saturated heterocycles. The number of rotatable bonds is 4. The molecule has 0 bridgehead atoms. The van der Waals surface area contributed by atoms with Gasteiger partial charge in [-0.05, 0) is 25.3 Å². The maximum absolute atomic E-state index is 10.8. The summed E-state index contributed by atoms with van der Waals surface area (Å²) in [5, 5.41) is 23.5. The van der Waals surface area contributed by atoms with E-state index in [2.05, 4.69) is 5.32 Å². The quantitative estimate of drug-likeness (QED) is 0.609. The molecule has 0 atom stereocenters. The minimum Gasteiger partial charge on any atom is -0.480 e. The average Bonchev–Trinajstić information content (AvgIpc) is 2.51. The van der Waals surface area contributed by atoms with Crippen molar-refractivity contribution in [3.63, 3.8) is 0 Å². The van der Waals surface area contributed by atoms with Crippen LogP contribution in [0.2, 0.25) is 0 Å². The Kier molecular flexibility index (Phi) is 2.94. The van der Waals surface area contributed by atoms with Crippen LogP contribution in [-0.4, -0.2) is 21.5 Å². The van der Waals surface area contributed by atoms with E-state index >= 15 is 0 Å². The van der Waals surface area contributed by atoms with E-state index in [4.69, 9.17) is 5.11 Å². The second kappa shape index (κ2) is 3.85. The van der Waals surface area contributed by atoms with Gasteiger partial charge in [0, 0.05) is 0 Å². The van der Waals surface area contributed by atoms with Gasteiger partial charge in [0.15, 0.2) is 0 Å². The molecule has 0 radical (unpaired) electrons. The van der Waals surface area contributed by atoms with E-state index in [0.717, 1.165) is 11.3 Å². The molecule has 0 unspecified atom stereocenters. The molecule has 2 N–H and O–H groups in total. The van der Waals surface area contributed by atoms with Gasteiger partial charge in [-0.1, -0.05) is 11.3 Å². The molecule has 0 aliphatic heterocycles. The van der Waals surface area contributed by atoms with Crippen LogP contribution in [0.5, 0.6) is 0 Å². The van der Waals surface area contributed by atoms with Gasteiger partial charge in [-0.15, -0.1) is 0 Å². The Hall–Kier alpha value is -1.63. The summed E-state index contributed by atoms with van der Waals surface area (Å²) in [6.45, 7) is 2.88. The Bertz CT molecular complexity index is 399. The van der Waals surface area contributed by atoms with E-state index in [1.54, 1.807) is 5.38 Å². The number of nitro groups is 1. The van der Waals surface area contributed by atoms with Crippen LogP contribution in [0.25, 0.3) is 0 Å². The van der Waals surface area contributed by atoms with Gasteiger partial charge in [0.25, 0.3) is 0 Å². The highest BCUT2D eigenvalue weighted by atomic mass is 32.1. The van der Waals surface area contributed by atoms with Crippen molar-refractivity contribution in [2.45, 2.75) is 19.4 Å². The largest absolute Gasteiger partial charge is 0.480 e. The zero-order valence-electron chi connectivity index (χ0n) is 8.18. The molecule has 0 spiro atoms. The lowest BCUT2D eigenvalue weighted by atomic mass is 10.1. The van der Waals surface area contributed by atoms with Crippen molar-refractivity contribution < 1.29 is 14.8 Å². The van der Waals surface area contributed by atoms with Crippen LogP contribution in [0, 0.1) is 10.1 Å². The predicted molar refractivity (Wildman–Crippen MR) is 56.3 cm³/mol. The maximum Gasteiger partial charge on any atom is 0.347 e. The summed E-state index contributed by atoms with van der Waals surface area (Å²) in [7, 11) is 0. The van der Waals surface area contributed by atoms with Gasteiger partial charge < -0.3 is 10.4 Å². The van der Waals surface area contributed by atoms with Gasteiger partial charge in [-0.25, -0.2) is 4.79 Å². The zero-order valence-corrected chi connectivity index (χ0v) is 9.00. The fourth-order valence-electron chi connectivity index (χ4n) is 0.928. The van der Waals surface area contributed by atoms with E-state index < -0.39 is 16.4 Å². The average molecular weight is 230 g/mol. The van der Waals surface area contributed by atoms with Crippen molar-refractivity contribution in [2.24, 2.45) is 0 Å². The summed E-state index contributed by atoms with van der Waals surface area (Å²) in [4.78, 5) is 20.8. The van der Waals surface area contributed by atoms with Crippen LogP contribution in [0.15, 0.2) is 11.4 Å². The lowest BCUT2D eigenvalue weighted by Crippen LogP contribution is -2.39. The fraction of sp³-hybridized carbons (Fsp3) is 0.375. The summed E-state index contributed by atoms with van der Waals surface area (Å²) in [6.07, 6.45) is 0. The highest BCUT2D eigenvalue weighted by Gasteiger charge is 2.30. The van der Waals surface area contributed by atoms with Gasteiger partial charge >= 0.3 is 11.0 Å². The number of hydrogen-bond donors (Lipinski definition) is 2. The molecular formula is C8H10N2O4S. The minimum absolute atomic E-state index is 0.0793. The first-order chi connectivity index (χ1) is 6.84. The van der Waals surface area contributed by atoms with Crippen LogP contribution in [0.3, 0.4) is 0 Å². The fourth-order valence-corrected chi connectivity index (χ4v) is 1.59. The molecule has 0 fully saturated rings. The Labute approximate surface area is 89.7 Å². The van der Waals surface area contributed by atoms with Crippen LogP contribution in [0.4, 0.5) is 10.7 Å². The smallest absolute Gasteiger partial charge is 0.347 e. The number of carboxylic acids is 1. The minimum atomic E-state index is -1.23. The van der Waals surface area contributed by atoms with E-state index in [1.165, 1.54) is 19.9 Å². The molecule has 1 aromatic heterocycles. The Morgan fingerprint density at radius 1 is 1.67 bits per heavy atom. The number of nitrogens with one attached hydrogen (secondary N) is 1. The molecule has 1 rings (SSSR count). The lowest BCUT2D eigenvalue weighted by molar-refractivity contribution is -0.379. The molecule has 15 heavy (non-hydrogen) atoms. The summed E-state index contributed by atoms with van der Waals surface area (Å²) >= 11 is 0.956. The first-order valence-electron chi connectivity index (χ1n) is 4.08. The van der Waals surface area contributed by atoms with Crippen molar-refractivity contribution in [1.29, 1.82) is 0 Å². The zero-order chi connectivity index (χ0) is 11.6. The Morgan fingerprint density at radius 3 is 2.73 bits per heavy atom. The highest BCUT2D eigenvalue weighted by Crippen LogP contribution is 2.32. The number of hydrogen-bond acceptors (Lipinski definition) is 5. The topological polar surface area (TPSA) is 92.5 Å². The van der Waals surface area contributed by atoms with Crippen LogP contribution in [-0.2, 0) is 4.79 Å². The van der Waals surface area contributed by atoms with E-state index in [-0.39, 0.29) is 10.7 Å². The Morgan fingerprint density at radius 2 is 2.27 bits per heavy atom. The highest BCUT2D eigenvalue weighted by molar-refractivity contribution is 7.14. The van der Waals surface area contributed by atoms with Crippen molar-refractivity contribution in [3.8, 4) is 0 Å². The van der Waals surface area contributed by atoms with Gasteiger partial charge in [0.1, 0.15) is 11.2 Å². The predicted octanol–water partition coefficient (Wildman–Crippen LogP) is 1.93. The van der Waals surface area contributed by atoms with Crippen molar-refractivity contribution in [2.75, 3.05) is 5.32 Å². The molecule has 0 saturated carbocycles. The molecule has 0 amide bonds. The van der Waals surface area contributed by atoms with Crippen molar-refractivity contribution in [1.82, 2.24) is 0 Å². The van der Waals surface area contributed by atoms with Crippen LogP contribution in [0.1, 0.15) is 13.8 Å². The monoisotopic (exact) mass is 230 g/mol. The molecule has 1 aromatic rings. The van der Waals surface area contributed by atoms with Gasteiger partial charge in [-0.3, -0.25) is 10.1 Å². The second-order valence-corrected chi connectivity index (χ2v) is 4.35. The van der Waals surface area contributed by atoms with Gasteiger partial charge in [-0.2, -0.15) is 0 Å². The van der Waals surface area contributed by atoms with E-state index in [1.807, 2.05) is 0 Å². The number of thiophene rings is 1. The summed E-state index contributed by atoms with van der Waals surface area (Å²) < 4.78 is 0. The van der Waals surface area contributed by atoms with Crippen LogP contribution < -0.4 is 5.32 Å². The second-order valence-electron chi connectivity index (χ2n) is 3.45. The molecular weight excluding hydrogens is 220 g/mol. The third-order valence-electron chi connectivity index (χ3n) is 1.79. The number of carbonyl (C=O) groups is 1. The first-order valence-corrected chi connectivity index (χ1v) is 4.96. The first kappa shape index (κ1) is 11.4. The normalized spacial score (nSPS) is 11.1. The maximum atomic E-state index is 10.8. The third kappa shape index (κ3) is 2.44. The summed E-state index contributed by atoms with van der Waals surface area (Å²) in [6, 6.07) is 1.49. The molecule has 7 heteroatoms. The lowest BCUT2D eigenvalue weighted by Gasteiger charge is -2.20. The van der Waals surface area contributed by atoms with E-state index in [0.29, 0.717) is 0 Å². The summed E-state index contributed by atoms with van der Waals surface area (Å²) in [5.41, 5.74) is -0.997. The Balaban J connectivity index is 2.95. The summed E-state index contributed by atoms with van der Waals surface area (Å²) in [5.74, 6) is -1.07. The third-order valence-corrected chi connectivity index (χ3v) is 2.66. The molecule has 1 heterocycles. The molecule has 6 nitrogen and oxygen atoms in total. The van der Waals surface area contributed by atoms with Gasteiger partial charge in [0.2, 0.25) is 0 Å². The van der Waals surface area contributed by atoms with E-state index in [9.17, 15) is 14.9 Å². The van der Waals surface area contributed by atoms with Gasteiger partial charge in [0.05, 0.1) is 4.92 Å². The molecule has 0 aliphatic carbocycles. The number of nitrogens with zero attached hydrogens (tertiary/aromatic N) is 1. The molecule has 0 aliphatic rings. The molecule has 82 valence electrons. The van der Waals surface area contributed by atoms with Crippen LogP contribution >= 0.6 is 11.3 Å².